The van der Waals surface area contributed by atoms with Crippen LogP contribution in [0.4, 0.5) is 0 Å². The third kappa shape index (κ3) is 5.37. The fourth-order valence-corrected chi connectivity index (χ4v) is 4.65. The van der Waals surface area contributed by atoms with Crippen LogP contribution in [-0.4, -0.2) is 42.0 Å². The summed E-state index contributed by atoms with van der Waals surface area (Å²) in [5.74, 6) is 0.351. The summed E-state index contributed by atoms with van der Waals surface area (Å²) in [5, 5.41) is 11.4. The number of amides is 1. The lowest BCUT2D eigenvalue weighted by atomic mass is 9.94. The minimum Gasteiger partial charge on any atom is -0.507 e. The van der Waals surface area contributed by atoms with Gasteiger partial charge in [-0.3, -0.25) is 9.59 Å². The number of aryl methyl sites for hydroxylation is 1. The molecule has 3 aromatic carbocycles. The van der Waals surface area contributed by atoms with Gasteiger partial charge in [0.2, 0.25) is 0 Å². The van der Waals surface area contributed by atoms with Gasteiger partial charge in [-0.2, -0.15) is 0 Å². The van der Waals surface area contributed by atoms with Gasteiger partial charge in [-0.25, -0.2) is 0 Å². The van der Waals surface area contributed by atoms with E-state index in [0.717, 1.165) is 17.5 Å². The number of methoxy groups -OCH3 is 1. The lowest BCUT2D eigenvalue weighted by Gasteiger charge is -2.26. The molecule has 0 aromatic heterocycles. The number of ether oxygens (including phenoxy) is 3. The molecule has 1 N–H and O–H groups in total. The molecule has 0 bridgehead atoms. The van der Waals surface area contributed by atoms with Gasteiger partial charge in [0.1, 0.15) is 23.0 Å². The quantitative estimate of drug-likeness (QED) is 0.208. The van der Waals surface area contributed by atoms with Crippen LogP contribution in [0.2, 0.25) is 0 Å². The van der Waals surface area contributed by atoms with Gasteiger partial charge < -0.3 is 24.2 Å². The molecule has 1 heterocycles. The molecule has 3 aromatic rings. The molecular formula is C31H33NO6. The van der Waals surface area contributed by atoms with E-state index in [2.05, 4.69) is 0 Å². The Kier molecular flexibility index (Phi) is 8.36. The molecule has 0 spiro atoms. The first-order valence-electron chi connectivity index (χ1n) is 12.8. The second-order valence-corrected chi connectivity index (χ2v) is 9.07. The van der Waals surface area contributed by atoms with Gasteiger partial charge in [-0.15, -0.1) is 0 Å². The normalized spacial score (nSPS) is 16.5. The molecule has 1 atom stereocenters. The molecule has 1 aliphatic heterocycles. The Morgan fingerprint density at radius 3 is 2.34 bits per heavy atom. The number of nitrogens with zero attached hydrogens (tertiary/aromatic N) is 1. The average Bonchev–Trinajstić information content (AvgIpc) is 3.17. The molecule has 1 amide bonds. The molecule has 7 nitrogen and oxygen atoms in total. The summed E-state index contributed by atoms with van der Waals surface area (Å²) >= 11 is 0. The van der Waals surface area contributed by atoms with E-state index < -0.39 is 17.7 Å². The molecule has 7 heteroatoms. The van der Waals surface area contributed by atoms with E-state index in [1.165, 1.54) is 4.90 Å². The van der Waals surface area contributed by atoms with Gasteiger partial charge in [0.15, 0.2) is 0 Å². The van der Waals surface area contributed by atoms with Gasteiger partial charge in [-0.05, 0) is 67.8 Å². The van der Waals surface area contributed by atoms with Gasteiger partial charge >= 0.3 is 0 Å². The number of rotatable bonds is 10. The number of aliphatic hydroxyl groups is 1. The van der Waals surface area contributed by atoms with Crippen molar-refractivity contribution in [1.29, 1.82) is 0 Å². The monoisotopic (exact) mass is 515 g/mol. The van der Waals surface area contributed by atoms with E-state index in [-0.39, 0.29) is 17.9 Å². The Morgan fingerprint density at radius 2 is 1.68 bits per heavy atom. The second-order valence-electron chi connectivity index (χ2n) is 9.07. The zero-order valence-electron chi connectivity index (χ0n) is 22.2. The Balaban J connectivity index is 1.82. The smallest absolute Gasteiger partial charge is 0.295 e. The molecule has 4 rings (SSSR count). The standard InChI is InChI=1S/C31H33NO6/c1-5-17-38-25-16-13-22(18-20(25)3)29(33)27-28(21-11-14-24(15-12-21)37-6-2)32(31(35)30(27)34)19-23-9-7-8-10-26(23)36-4/h7-16,18,28,33H,5-6,17,19H2,1-4H3/b29-27-. The topological polar surface area (TPSA) is 85.3 Å². The van der Waals surface area contributed by atoms with Crippen LogP contribution in [0.3, 0.4) is 0 Å². The van der Waals surface area contributed by atoms with E-state index in [4.69, 9.17) is 14.2 Å². The maximum atomic E-state index is 13.4. The summed E-state index contributed by atoms with van der Waals surface area (Å²) in [5.41, 5.74) is 2.74. The van der Waals surface area contributed by atoms with Crippen molar-refractivity contribution in [2.24, 2.45) is 0 Å². The van der Waals surface area contributed by atoms with E-state index in [1.54, 1.807) is 37.4 Å². The fourth-order valence-electron chi connectivity index (χ4n) is 4.65. The Bertz CT molecular complexity index is 1340. The van der Waals surface area contributed by atoms with Crippen LogP contribution in [0.25, 0.3) is 5.76 Å². The van der Waals surface area contributed by atoms with Crippen LogP contribution in [0.15, 0.2) is 72.3 Å². The molecule has 198 valence electrons. The fraction of sp³-hybridized carbons (Fsp3) is 0.290. The summed E-state index contributed by atoms with van der Waals surface area (Å²) in [6, 6.07) is 19.0. The number of aliphatic hydroxyl groups excluding tert-OH is 1. The molecule has 0 aliphatic carbocycles. The van der Waals surface area contributed by atoms with E-state index in [1.807, 2.05) is 57.2 Å². The lowest BCUT2D eigenvalue weighted by molar-refractivity contribution is -0.140. The maximum absolute atomic E-state index is 13.4. The molecule has 0 radical (unpaired) electrons. The van der Waals surface area contributed by atoms with Crippen molar-refractivity contribution >= 4 is 17.4 Å². The van der Waals surface area contributed by atoms with E-state index in [9.17, 15) is 14.7 Å². The van der Waals surface area contributed by atoms with Crippen molar-refractivity contribution in [1.82, 2.24) is 4.90 Å². The highest BCUT2D eigenvalue weighted by molar-refractivity contribution is 6.46. The van der Waals surface area contributed by atoms with Crippen molar-refractivity contribution in [2.75, 3.05) is 20.3 Å². The van der Waals surface area contributed by atoms with Crippen molar-refractivity contribution < 1.29 is 28.9 Å². The van der Waals surface area contributed by atoms with E-state index in [0.29, 0.717) is 41.6 Å². The van der Waals surface area contributed by atoms with Gasteiger partial charge in [0.25, 0.3) is 11.7 Å². The number of hydrogen-bond donors (Lipinski definition) is 1. The van der Waals surface area contributed by atoms with Crippen molar-refractivity contribution in [3.05, 3.63) is 94.6 Å². The number of carbonyl (C=O) groups excluding carboxylic acids is 2. The first-order valence-corrected chi connectivity index (χ1v) is 12.8. The van der Waals surface area contributed by atoms with Gasteiger partial charge in [0.05, 0.1) is 38.5 Å². The summed E-state index contributed by atoms with van der Waals surface area (Å²) < 4.78 is 16.8. The molecule has 1 saturated heterocycles. The van der Waals surface area contributed by atoms with Crippen LogP contribution < -0.4 is 14.2 Å². The third-order valence-electron chi connectivity index (χ3n) is 6.49. The molecule has 1 unspecified atom stereocenters. The van der Waals surface area contributed by atoms with Gasteiger partial charge in [-0.1, -0.05) is 37.3 Å². The van der Waals surface area contributed by atoms with Gasteiger partial charge in [0, 0.05) is 11.1 Å². The number of Topliss-reactive ketones (excluding diaryl/α,β-unsaturated/α-hetero) is 1. The van der Waals surface area contributed by atoms with Crippen LogP contribution in [0, 0.1) is 6.92 Å². The number of ketones is 1. The number of carbonyl (C=O) groups is 2. The van der Waals surface area contributed by atoms with Crippen LogP contribution in [0.1, 0.15) is 48.6 Å². The number of para-hydroxylation sites is 1. The highest BCUT2D eigenvalue weighted by atomic mass is 16.5. The Labute approximate surface area is 223 Å². The zero-order chi connectivity index (χ0) is 27.2. The first kappa shape index (κ1) is 26.8. The van der Waals surface area contributed by atoms with Crippen molar-refractivity contribution in [3.8, 4) is 17.2 Å². The summed E-state index contributed by atoms with van der Waals surface area (Å²) in [6.45, 7) is 7.04. The summed E-state index contributed by atoms with van der Waals surface area (Å²) in [6.07, 6.45) is 0.874. The van der Waals surface area contributed by atoms with Crippen LogP contribution in [-0.2, 0) is 16.1 Å². The SMILES string of the molecule is CCCOc1ccc(/C(O)=C2/C(=O)C(=O)N(Cc3ccccc3OC)C2c2ccc(OCC)cc2)cc1C. The zero-order valence-corrected chi connectivity index (χ0v) is 22.2. The minimum absolute atomic E-state index is 0.0377. The summed E-state index contributed by atoms with van der Waals surface area (Å²) in [4.78, 5) is 28.3. The number of benzene rings is 3. The molecule has 0 saturated carbocycles. The van der Waals surface area contributed by atoms with Crippen LogP contribution in [0.5, 0.6) is 17.2 Å². The average molecular weight is 516 g/mol. The van der Waals surface area contributed by atoms with E-state index >= 15 is 0 Å². The minimum atomic E-state index is -0.799. The third-order valence-corrected chi connectivity index (χ3v) is 6.49. The summed E-state index contributed by atoms with van der Waals surface area (Å²) in [7, 11) is 1.56. The van der Waals surface area contributed by atoms with Crippen LogP contribution >= 0.6 is 0 Å². The Hall–Kier alpha value is -4.26. The Morgan fingerprint density at radius 1 is 0.947 bits per heavy atom. The second kappa shape index (κ2) is 11.9. The van der Waals surface area contributed by atoms with Crippen molar-refractivity contribution in [2.45, 2.75) is 39.8 Å². The highest BCUT2D eigenvalue weighted by Crippen LogP contribution is 2.41. The number of likely N-dealkylation sites (tertiary alicyclic amines) is 1. The largest absolute Gasteiger partial charge is 0.507 e. The first-order chi connectivity index (χ1) is 18.4. The highest BCUT2D eigenvalue weighted by Gasteiger charge is 2.46. The molecule has 38 heavy (non-hydrogen) atoms. The molecule has 1 fully saturated rings. The number of hydrogen-bond acceptors (Lipinski definition) is 6. The predicted molar refractivity (Wildman–Crippen MR) is 145 cm³/mol. The predicted octanol–water partition coefficient (Wildman–Crippen LogP) is 5.81. The maximum Gasteiger partial charge on any atom is 0.295 e. The van der Waals surface area contributed by atoms with Crippen molar-refractivity contribution in [3.63, 3.8) is 0 Å². The lowest BCUT2D eigenvalue weighted by Crippen LogP contribution is -2.29. The molecular weight excluding hydrogens is 482 g/mol. The molecule has 1 aliphatic rings.